The Kier molecular flexibility index (Phi) is 5.60. The summed E-state index contributed by atoms with van der Waals surface area (Å²) >= 11 is 0. The van der Waals surface area contributed by atoms with Crippen LogP contribution in [-0.2, 0) is 4.79 Å². The van der Waals surface area contributed by atoms with Crippen molar-refractivity contribution >= 4 is 5.91 Å². The standard InChI is InChI=1S/C14H29N3O/c1-12(7-8-15)5-6-13(18)17-10-9-16(4)14(2,3)11-17/h12H,5-11,15H2,1-4H3. The van der Waals surface area contributed by atoms with Gasteiger partial charge < -0.3 is 10.6 Å². The van der Waals surface area contributed by atoms with Crippen molar-refractivity contribution in [2.75, 3.05) is 33.2 Å². The summed E-state index contributed by atoms with van der Waals surface area (Å²) in [5, 5.41) is 0. The lowest BCUT2D eigenvalue weighted by molar-refractivity contribution is -0.136. The number of hydrogen-bond donors (Lipinski definition) is 1. The molecule has 1 heterocycles. The van der Waals surface area contributed by atoms with Crippen LogP contribution < -0.4 is 5.73 Å². The van der Waals surface area contributed by atoms with E-state index in [2.05, 4.69) is 32.7 Å². The molecule has 0 aromatic rings. The van der Waals surface area contributed by atoms with Crippen molar-refractivity contribution in [3.8, 4) is 0 Å². The molecule has 0 aliphatic carbocycles. The lowest BCUT2D eigenvalue weighted by atomic mass is 9.98. The van der Waals surface area contributed by atoms with Crippen molar-refractivity contribution in [1.29, 1.82) is 0 Å². The minimum absolute atomic E-state index is 0.0940. The number of amides is 1. The van der Waals surface area contributed by atoms with Gasteiger partial charge in [-0.2, -0.15) is 0 Å². The highest BCUT2D eigenvalue weighted by Gasteiger charge is 2.32. The topological polar surface area (TPSA) is 49.6 Å². The van der Waals surface area contributed by atoms with Gasteiger partial charge in [0.2, 0.25) is 5.91 Å². The van der Waals surface area contributed by atoms with E-state index in [1.165, 1.54) is 0 Å². The summed E-state index contributed by atoms with van der Waals surface area (Å²) in [4.78, 5) is 16.5. The first kappa shape index (κ1) is 15.4. The van der Waals surface area contributed by atoms with E-state index in [1.807, 2.05) is 4.90 Å². The fourth-order valence-electron chi connectivity index (χ4n) is 2.41. The van der Waals surface area contributed by atoms with Crippen molar-refractivity contribution in [2.24, 2.45) is 11.7 Å². The van der Waals surface area contributed by atoms with E-state index in [0.29, 0.717) is 18.2 Å². The monoisotopic (exact) mass is 255 g/mol. The van der Waals surface area contributed by atoms with Crippen LogP contribution in [0.1, 0.15) is 40.0 Å². The van der Waals surface area contributed by atoms with Gasteiger partial charge in [-0.25, -0.2) is 0 Å². The van der Waals surface area contributed by atoms with Gasteiger partial charge in [0.05, 0.1) is 0 Å². The molecule has 4 heteroatoms. The van der Waals surface area contributed by atoms with Gasteiger partial charge in [-0.15, -0.1) is 0 Å². The van der Waals surface area contributed by atoms with Crippen LogP contribution >= 0.6 is 0 Å². The molecule has 1 fully saturated rings. The molecule has 0 spiro atoms. The third-order valence-corrected chi connectivity index (χ3v) is 4.18. The highest BCUT2D eigenvalue weighted by atomic mass is 16.2. The minimum atomic E-state index is 0.0940. The molecule has 1 unspecified atom stereocenters. The molecule has 1 aliphatic heterocycles. The molecule has 106 valence electrons. The smallest absolute Gasteiger partial charge is 0.222 e. The summed E-state index contributed by atoms with van der Waals surface area (Å²) in [6.45, 7) is 9.96. The van der Waals surface area contributed by atoms with Crippen LogP contribution in [0, 0.1) is 5.92 Å². The maximum atomic E-state index is 12.2. The van der Waals surface area contributed by atoms with Crippen LogP contribution in [0.15, 0.2) is 0 Å². The second kappa shape index (κ2) is 6.53. The molecule has 2 N–H and O–H groups in total. The molecule has 4 nitrogen and oxygen atoms in total. The number of carbonyl (C=O) groups is 1. The SMILES string of the molecule is CC(CCN)CCC(=O)N1CCN(C)C(C)(C)C1. The van der Waals surface area contributed by atoms with Gasteiger partial charge in [-0.1, -0.05) is 6.92 Å². The Morgan fingerprint density at radius 3 is 2.56 bits per heavy atom. The Morgan fingerprint density at radius 2 is 2.00 bits per heavy atom. The normalized spacial score (nSPS) is 21.9. The molecule has 0 radical (unpaired) electrons. The first-order chi connectivity index (χ1) is 8.36. The van der Waals surface area contributed by atoms with Crippen molar-refractivity contribution < 1.29 is 4.79 Å². The van der Waals surface area contributed by atoms with Gasteiger partial charge in [0.1, 0.15) is 0 Å². The maximum Gasteiger partial charge on any atom is 0.222 e. The number of carbonyl (C=O) groups excluding carboxylic acids is 1. The molecule has 0 bridgehead atoms. The molecular weight excluding hydrogens is 226 g/mol. The average Bonchev–Trinajstić information content (AvgIpc) is 2.30. The van der Waals surface area contributed by atoms with Crippen molar-refractivity contribution in [3.05, 3.63) is 0 Å². The highest BCUT2D eigenvalue weighted by Crippen LogP contribution is 2.20. The van der Waals surface area contributed by atoms with Crippen LogP contribution in [0.4, 0.5) is 0 Å². The molecule has 1 aliphatic rings. The molecule has 1 rings (SSSR count). The fraction of sp³-hybridized carbons (Fsp3) is 0.929. The number of likely N-dealkylation sites (N-methyl/N-ethyl adjacent to an activating group) is 1. The fourth-order valence-corrected chi connectivity index (χ4v) is 2.41. The molecular formula is C14H29N3O. The van der Waals surface area contributed by atoms with E-state index >= 15 is 0 Å². The lowest BCUT2D eigenvalue weighted by Crippen LogP contribution is -2.58. The van der Waals surface area contributed by atoms with Crippen LogP contribution in [-0.4, -0.2) is 54.5 Å². The summed E-state index contributed by atoms with van der Waals surface area (Å²) in [7, 11) is 2.13. The summed E-state index contributed by atoms with van der Waals surface area (Å²) in [6.07, 6.45) is 2.64. The zero-order chi connectivity index (χ0) is 13.8. The zero-order valence-electron chi connectivity index (χ0n) is 12.4. The second-order valence-electron chi connectivity index (χ2n) is 6.27. The minimum Gasteiger partial charge on any atom is -0.340 e. The predicted molar refractivity (Wildman–Crippen MR) is 75.4 cm³/mol. The molecule has 18 heavy (non-hydrogen) atoms. The average molecular weight is 255 g/mol. The van der Waals surface area contributed by atoms with Crippen molar-refractivity contribution in [2.45, 2.75) is 45.6 Å². The van der Waals surface area contributed by atoms with Crippen LogP contribution in [0.25, 0.3) is 0 Å². The van der Waals surface area contributed by atoms with Gasteiger partial charge in [0.15, 0.2) is 0 Å². The van der Waals surface area contributed by atoms with E-state index in [9.17, 15) is 4.79 Å². The third kappa shape index (κ3) is 4.25. The highest BCUT2D eigenvalue weighted by molar-refractivity contribution is 5.76. The largest absolute Gasteiger partial charge is 0.340 e. The predicted octanol–water partition coefficient (Wildman–Crippen LogP) is 1.30. The summed E-state index contributed by atoms with van der Waals surface area (Å²) in [5.74, 6) is 0.861. The number of piperazine rings is 1. The Hall–Kier alpha value is -0.610. The van der Waals surface area contributed by atoms with E-state index < -0.39 is 0 Å². The zero-order valence-corrected chi connectivity index (χ0v) is 12.4. The van der Waals surface area contributed by atoms with Gasteiger partial charge in [-0.3, -0.25) is 9.69 Å². The van der Waals surface area contributed by atoms with E-state index in [4.69, 9.17) is 5.73 Å². The molecule has 1 atom stereocenters. The van der Waals surface area contributed by atoms with Crippen molar-refractivity contribution in [3.63, 3.8) is 0 Å². The summed E-state index contributed by atoms with van der Waals surface area (Å²) in [6, 6.07) is 0. The number of nitrogens with zero attached hydrogens (tertiary/aromatic N) is 2. The Labute approximate surface area is 111 Å². The molecule has 0 saturated carbocycles. The second-order valence-corrected chi connectivity index (χ2v) is 6.27. The van der Waals surface area contributed by atoms with E-state index in [-0.39, 0.29) is 5.54 Å². The van der Waals surface area contributed by atoms with Crippen LogP contribution in [0.2, 0.25) is 0 Å². The molecule has 0 aromatic carbocycles. The lowest BCUT2D eigenvalue weighted by Gasteiger charge is -2.45. The van der Waals surface area contributed by atoms with Gasteiger partial charge in [-0.05, 0) is 46.2 Å². The maximum absolute atomic E-state index is 12.2. The van der Waals surface area contributed by atoms with Gasteiger partial charge >= 0.3 is 0 Å². The molecule has 0 aromatic heterocycles. The quantitative estimate of drug-likeness (QED) is 0.805. The van der Waals surface area contributed by atoms with Crippen LogP contribution in [0.5, 0.6) is 0 Å². The van der Waals surface area contributed by atoms with E-state index in [1.54, 1.807) is 0 Å². The Morgan fingerprint density at radius 1 is 1.33 bits per heavy atom. The Bertz CT molecular complexity index is 278. The third-order valence-electron chi connectivity index (χ3n) is 4.18. The molecule has 1 amide bonds. The number of nitrogens with two attached hydrogens (primary N) is 1. The number of hydrogen-bond acceptors (Lipinski definition) is 3. The molecule has 1 saturated heterocycles. The van der Waals surface area contributed by atoms with E-state index in [0.717, 1.165) is 39.0 Å². The summed E-state index contributed by atoms with van der Waals surface area (Å²) in [5.41, 5.74) is 5.62. The van der Waals surface area contributed by atoms with Crippen LogP contribution in [0.3, 0.4) is 0 Å². The van der Waals surface area contributed by atoms with Crippen molar-refractivity contribution in [1.82, 2.24) is 9.80 Å². The Balaban J connectivity index is 2.39. The first-order valence-corrected chi connectivity index (χ1v) is 7.06. The first-order valence-electron chi connectivity index (χ1n) is 7.06. The summed E-state index contributed by atoms with van der Waals surface area (Å²) < 4.78 is 0. The van der Waals surface area contributed by atoms with Gasteiger partial charge in [0.25, 0.3) is 0 Å². The number of rotatable bonds is 5. The van der Waals surface area contributed by atoms with Gasteiger partial charge in [0, 0.05) is 31.6 Å².